The average Bonchev–Trinajstić information content (AvgIpc) is 2.94. The molecular formula is C31H28ClN3O2. The highest BCUT2D eigenvalue weighted by Gasteiger charge is 2.25. The zero-order chi connectivity index (χ0) is 25.8. The van der Waals surface area contributed by atoms with Gasteiger partial charge in [-0.05, 0) is 54.4 Å². The smallest absolute Gasteiger partial charge is 0.255 e. The van der Waals surface area contributed by atoms with Crippen LogP contribution >= 0.6 is 11.6 Å². The number of nitrogens with one attached hydrogen (secondary N) is 1. The number of benzene rings is 4. The number of aryl methyl sites for hydroxylation is 1. The first-order valence-electron chi connectivity index (χ1n) is 12.4. The molecular weight excluding hydrogens is 482 g/mol. The summed E-state index contributed by atoms with van der Waals surface area (Å²) in [6.45, 7) is 4.40. The highest BCUT2D eigenvalue weighted by atomic mass is 35.5. The van der Waals surface area contributed by atoms with Crippen LogP contribution in [-0.4, -0.2) is 42.9 Å². The standard InChI is InChI=1S/C31H28ClN3O2/c1-22-10-12-26(13-11-22)31(37)35-20-18-34(19-21-35)29-27(32)8-5-9-28(29)33-30(36)25-16-14-24(15-17-25)23-6-3-2-4-7-23/h2-17H,18-21H2,1H3,(H,33,36). The largest absolute Gasteiger partial charge is 0.365 e. The van der Waals surface area contributed by atoms with Gasteiger partial charge in [-0.25, -0.2) is 0 Å². The second-order valence-electron chi connectivity index (χ2n) is 9.18. The highest BCUT2D eigenvalue weighted by molar-refractivity contribution is 6.34. The number of halogens is 1. The minimum Gasteiger partial charge on any atom is -0.365 e. The lowest BCUT2D eigenvalue weighted by Gasteiger charge is -2.37. The molecule has 1 heterocycles. The Labute approximate surface area is 222 Å². The molecule has 0 bridgehead atoms. The Hall–Kier alpha value is -4.09. The molecule has 1 N–H and O–H groups in total. The van der Waals surface area contributed by atoms with Crippen LogP contribution in [0, 0.1) is 6.92 Å². The van der Waals surface area contributed by atoms with E-state index in [2.05, 4.69) is 10.2 Å². The average molecular weight is 510 g/mol. The Morgan fingerprint density at radius 2 is 1.32 bits per heavy atom. The molecule has 6 heteroatoms. The minimum absolute atomic E-state index is 0.0336. The number of hydrogen-bond donors (Lipinski definition) is 1. The van der Waals surface area contributed by atoms with Crippen molar-refractivity contribution in [1.82, 2.24) is 4.90 Å². The van der Waals surface area contributed by atoms with Crippen LogP contribution in [0.25, 0.3) is 11.1 Å². The molecule has 1 saturated heterocycles. The monoisotopic (exact) mass is 509 g/mol. The molecule has 1 aliphatic rings. The molecule has 1 aliphatic heterocycles. The summed E-state index contributed by atoms with van der Waals surface area (Å²) in [5.74, 6) is -0.164. The van der Waals surface area contributed by atoms with Crippen molar-refractivity contribution in [1.29, 1.82) is 0 Å². The van der Waals surface area contributed by atoms with Crippen molar-refractivity contribution in [2.45, 2.75) is 6.92 Å². The number of para-hydroxylation sites is 1. The van der Waals surface area contributed by atoms with Gasteiger partial charge in [-0.2, -0.15) is 0 Å². The molecule has 1 fully saturated rings. The summed E-state index contributed by atoms with van der Waals surface area (Å²) < 4.78 is 0. The van der Waals surface area contributed by atoms with Gasteiger partial charge in [-0.3, -0.25) is 9.59 Å². The van der Waals surface area contributed by atoms with E-state index in [-0.39, 0.29) is 11.8 Å². The summed E-state index contributed by atoms with van der Waals surface area (Å²) in [6, 6.07) is 30.8. The van der Waals surface area contributed by atoms with E-state index in [9.17, 15) is 9.59 Å². The first-order valence-corrected chi connectivity index (χ1v) is 12.7. The quantitative estimate of drug-likeness (QED) is 0.333. The van der Waals surface area contributed by atoms with Crippen LogP contribution in [0.1, 0.15) is 26.3 Å². The summed E-state index contributed by atoms with van der Waals surface area (Å²) in [5.41, 5.74) is 5.98. The molecule has 0 radical (unpaired) electrons. The van der Waals surface area contributed by atoms with Gasteiger partial charge < -0.3 is 15.1 Å². The first kappa shape index (κ1) is 24.6. The van der Waals surface area contributed by atoms with Crippen LogP contribution in [0.2, 0.25) is 5.02 Å². The number of nitrogens with zero attached hydrogens (tertiary/aromatic N) is 2. The number of carbonyl (C=O) groups excluding carboxylic acids is 2. The molecule has 2 amide bonds. The Kier molecular flexibility index (Phi) is 7.24. The number of carbonyl (C=O) groups is 2. The van der Waals surface area contributed by atoms with Gasteiger partial charge in [0.25, 0.3) is 11.8 Å². The van der Waals surface area contributed by atoms with E-state index in [1.807, 2.05) is 109 Å². The van der Waals surface area contributed by atoms with Gasteiger partial charge in [0, 0.05) is 37.3 Å². The van der Waals surface area contributed by atoms with Crippen molar-refractivity contribution >= 4 is 34.8 Å². The summed E-state index contributed by atoms with van der Waals surface area (Å²) >= 11 is 6.62. The lowest BCUT2D eigenvalue weighted by molar-refractivity contribution is 0.0746. The normalized spacial score (nSPS) is 13.4. The molecule has 5 rings (SSSR count). The Balaban J connectivity index is 1.28. The minimum atomic E-state index is -0.198. The number of amides is 2. The third-order valence-electron chi connectivity index (χ3n) is 6.67. The van der Waals surface area contributed by atoms with Crippen LogP contribution in [0.15, 0.2) is 97.1 Å². The number of anilines is 2. The predicted octanol–water partition coefficient (Wildman–Crippen LogP) is 6.53. The maximum atomic E-state index is 13.1. The maximum absolute atomic E-state index is 13.1. The van der Waals surface area contributed by atoms with Crippen LogP contribution < -0.4 is 10.2 Å². The van der Waals surface area contributed by atoms with E-state index in [0.29, 0.717) is 48.0 Å². The van der Waals surface area contributed by atoms with Crippen LogP contribution in [0.3, 0.4) is 0 Å². The van der Waals surface area contributed by atoms with Gasteiger partial charge in [0.05, 0.1) is 16.4 Å². The van der Waals surface area contributed by atoms with E-state index in [1.165, 1.54) is 0 Å². The van der Waals surface area contributed by atoms with E-state index < -0.39 is 0 Å². The Morgan fingerprint density at radius 3 is 2.00 bits per heavy atom. The second-order valence-corrected chi connectivity index (χ2v) is 9.59. The van der Waals surface area contributed by atoms with E-state index >= 15 is 0 Å². The fraction of sp³-hybridized carbons (Fsp3) is 0.161. The molecule has 4 aromatic carbocycles. The molecule has 37 heavy (non-hydrogen) atoms. The second kappa shape index (κ2) is 10.9. The van der Waals surface area contributed by atoms with Crippen molar-refractivity contribution in [3.63, 3.8) is 0 Å². The lowest BCUT2D eigenvalue weighted by atomic mass is 10.0. The van der Waals surface area contributed by atoms with Gasteiger partial charge in [0.2, 0.25) is 0 Å². The number of rotatable bonds is 5. The van der Waals surface area contributed by atoms with Gasteiger partial charge in [0.1, 0.15) is 0 Å². The predicted molar refractivity (Wildman–Crippen MR) is 151 cm³/mol. The summed E-state index contributed by atoms with van der Waals surface area (Å²) in [6.07, 6.45) is 0. The van der Waals surface area contributed by atoms with E-state index in [4.69, 9.17) is 11.6 Å². The molecule has 0 aliphatic carbocycles. The lowest BCUT2D eigenvalue weighted by Crippen LogP contribution is -2.49. The number of piperazine rings is 1. The molecule has 0 saturated carbocycles. The van der Waals surface area contributed by atoms with Crippen LogP contribution in [-0.2, 0) is 0 Å². The van der Waals surface area contributed by atoms with Crippen molar-refractivity contribution in [3.05, 3.63) is 119 Å². The van der Waals surface area contributed by atoms with E-state index in [0.717, 1.165) is 22.4 Å². The van der Waals surface area contributed by atoms with Gasteiger partial charge in [-0.15, -0.1) is 0 Å². The zero-order valence-electron chi connectivity index (χ0n) is 20.7. The fourth-order valence-electron chi connectivity index (χ4n) is 4.59. The summed E-state index contributed by atoms with van der Waals surface area (Å²) in [7, 11) is 0. The van der Waals surface area contributed by atoms with Crippen LogP contribution in [0.4, 0.5) is 11.4 Å². The van der Waals surface area contributed by atoms with Gasteiger partial charge in [0.15, 0.2) is 0 Å². The van der Waals surface area contributed by atoms with Crippen molar-refractivity contribution in [2.75, 3.05) is 36.4 Å². The topological polar surface area (TPSA) is 52.7 Å². The van der Waals surface area contributed by atoms with Crippen molar-refractivity contribution < 1.29 is 9.59 Å². The van der Waals surface area contributed by atoms with Gasteiger partial charge in [-0.1, -0.05) is 77.8 Å². The SMILES string of the molecule is Cc1ccc(C(=O)N2CCN(c3c(Cl)cccc3NC(=O)c3ccc(-c4ccccc4)cc3)CC2)cc1. The van der Waals surface area contributed by atoms with Crippen molar-refractivity contribution in [3.8, 4) is 11.1 Å². The third kappa shape index (κ3) is 5.52. The van der Waals surface area contributed by atoms with Gasteiger partial charge >= 0.3 is 0 Å². The zero-order valence-corrected chi connectivity index (χ0v) is 21.4. The molecule has 186 valence electrons. The number of hydrogen-bond acceptors (Lipinski definition) is 3. The fourth-order valence-corrected chi connectivity index (χ4v) is 4.88. The first-order chi connectivity index (χ1) is 18.0. The molecule has 4 aromatic rings. The van der Waals surface area contributed by atoms with Crippen molar-refractivity contribution in [2.24, 2.45) is 0 Å². The third-order valence-corrected chi connectivity index (χ3v) is 6.98. The van der Waals surface area contributed by atoms with E-state index in [1.54, 1.807) is 0 Å². The molecule has 0 unspecified atom stereocenters. The molecule has 0 atom stereocenters. The Morgan fingerprint density at radius 1 is 0.703 bits per heavy atom. The highest BCUT2D eigenvalue weighted by Crippen LogP contribution is 2.35. The van der Waals surface area contributed by atoms with Crippen LogP contribution in [0.5, 0.6) is 0 Å². The molecule has 0 spiro atoms. The molecule has 0 aromatic heterocycles. The summed E-state index contributed by atoms with van der Waals surface area (Å²) in [4.78, 5) is 30.0. The summed E-state index contributed by atoms with van der Waals surface area (Å²) in [5, 5.41) is 3.61. The molecule has 5 nitrogen and oxygen atoms in total. The Bertz CT molecular complexity index is 1400. The maximum Gasteiger partial charge on any atom is 0.255 e.